The molecule has 0 fully saturated rings. The lowest BCUT2D eigenvalue weighted by Gasteiger charge is -2.27. The Labute approximate surface area is 156 Å². The number of hydrazone groups is 1. The molecule has 27 heavy (non-hydrogen) atoms. The van der Waals surface area contributed by atoms with Crippen molar-refractivity contribution in [2.75, 3.05) is 18.7 Å². The van der Waals surface area contributed by atoms with E-state index >= 15 is 0 Å². The molecule has 2 aromatic carbocycles. The predicted octanol–water partition coefficient (Wildman–Crippen LogP) is 2.63. The molecule has 0 saturated carbocycles. The summed E-state index contributed by atoms with van der Waals surface area (Å²) < 4.78 is 10.6. The first-order chi connectivity index (χ1) is 13.1. The van der Waals surface area contributed by atoms with Gasteiger partial charge in [-0.15, -0.1) is 0 Å². The van der Waals surface area contributed by atoms with Gasteiger partial charge in [-0.05, 0) is 17.7 Å². The Balaban J connectivity index is 1.48. The number of hydrogen-bond acceptors (Lipinski definition) is 5. The average Bonchev–Trinajstić information content (AvgIpc) is 3.13. The van der Waals surface area contributed by atoms with Gasteiger partial charge in [0.05, 0.1) is 5.71 Å². The Morgan fingerprint density at radius 2 is 1.96 bits per heavy atom. The fourth-order valence-electron chi connectivity index (χ4n) is 3.10. The van der Waals surface area contributed by atoms with E-state index in [-0.39, 0.29) is 31.1 Å². The van der Waals surface area contributed by atoms with Crippen molar-refractivity contribution in [1.82, 2.24) is 5.01 Å². The number of fused-ring (bicyclic) bond motifs is 1. The first kappa shape index (κ1) is 17.1. The summed E-state index contributed by atoms with van der Waals surface area (Å²) in [6.45, 7) is 1.88. The van der Waals surface area contributed by atoms with E-state index in [1.807, 2.05) is 37.3 Å². The van der Waals surface area contributed by atoms with Gasteiger partial charge in [0.1, 0.15) is 6.54 Å². The summed E-state index contributed by atoms with van der Waals surface area (Å²) in [5, 5.41) is 8.44. The van der Waals surface area contributed by atoms with Crippen LogP contribution in [0.2, 0.25) is 0 Å². The third-order valence-corrected chi connectivity index (χ3v) is 4.47. The van der Waals surface area contributed by atoms with Crippen LogP contribution in [0.15, 0.2) is 53.6 Å². The second-order valence-corrected chi connectivity index (χ2v) is 6.53. The minimum absolute atomic E-state index is 0.145. The quantitative estimate of drug-likeness (QED) is 0.903. The van der Waals surface area contributed by atoms with Crippen LogP contribution in [0, 0.1) is 5.92 Å². The zero-order valence-corrected chi connectivity index (χ0v) is 14.8. The van der Waals surface area contributed by atoms with E-state index in [4.69, 9.17) is 9.47 Å². The van der Waals surface area contributed by atoms with Gasteiger partial charge in [-0.3, -0.25) is 9.59 Å². The summed E-state index contributed by atoms with van der Waals surface area (Å²) in [5.41, 5.74) is 2.34. The van der Waals surface area contributed by atoms with Crippen molar-refractivity contribution in [3.63, 3.8) is 0 Å². The molecule has 0 bridgehead atoms. The Bertz CT molecular complexity index is 911. The van der Waals surface area contributed by atoms with Gasteiger partial charge >= 0.3 is 0 Å². The van der Waals surface area contributed by atoms with Crippen molar-refractivity contribution >= 4 is 23.2 Å². The van der Waals surface area contributed by atoms with Gasteiger partial charge in [0, 0.05) is 24.1 Å². The summed E-state index contributed by atoms with van der Waals surface area (Å²) in [7, 11) is 0. The average molecular weight is 365 g/mol. The molecule has 2 amide bonds. The van der Waals surface area contributed by atoms with Crippen LogP contribution in [0.5, 0.6) is 11.5 Å². The van der Waals surface area contributed by atoms with Gasteiger partial charge in [0.15, 0.2) is 11.5 Å². The van der Waals surface area contributed by atoms with Crippen LogP contribution >= 0.6 is 0 Å². The monoisotopic (exact) mass is 365 g/mol. The minimum atomic E-state index is -0.326. The lowest BCUT2D eigenvalue weighted by molar-refractivity contribution is -0.138. The highest BCUT2D eigenvalue weighted by molar-refractivity contribution is 6.05. The highest BCUT2D eigenvalue weighted by Gasteiger charge is 2.29. The number of hydrogen-bond donors (Lipinski definition) is 1. The predicted molar refractivity (Wildman–Crippen MR) is 99.7 cm³/mol. The fraction of sp³-hybridized carbons (Fsp3) is 0.250. The SMILES string of the molecule is CC1CC(c2ccccc2)=NN(CC(=O)Nc2ccc3c(c2)OCO3)C1=O. The van der Waals surface area contributed by atoms with E-state index in [9.17, 15) is 9.59 Å². The van der Waals surface area contributed by atoms with Crippen LogP contribution in [0.3, 0.4) is 0 Å². The van der Waals surface area contributed by atoms with Crippen molar-refractivity contribution in [2.24, 2.45) is 11.0 Å². The Morgan fingerprint density at radius 1 is 1.19 bits per heavy atom. The Hall–Kier alpha value is -3.35. The van der Waals surface area contributed by atoms with E-state index in [2.05, 4.69) is 10.4 Å². The highest BCUT2D eigenvalue weighted by atomic mass is 16.7. The Morgan fingerprint density at radius 3 is 2.78 bits per heavy atom. The van der Waals surface area contributed by atoms with E-state index < -0.39 is 0 Å². The molecule has 2 heterocycles. The van der Waals surface area contributed by atoms with Crippen LogP contribution in [-0.2, 0) is 9.59 Å². The maximum atomic E-state index is 12.4. The van der Waals surface area contributed by atoms with Crippen molar-refractivity contribution in [3.05, 3.63) is 54.1 Å². The zero-order valence-electron chi connectivity index (χ0n) is 14.8. The molecule has 2 aromatic rings. The van der Waals surface area contributed by atoms with Crippen LogP contribution in [0.1, 0.15) is 18.9 Å². The maximum absolute atomic E-state index is 12.4. The highest BCUT2D eigenvalue weighted by Crippen LogP contribution is 2.34. The van der Waals surface area contributed by atoms with E-state index in [1.165, 1.54) is 5.01 Å². The van der Waals surface area contributed by atoms with Gasteiger partial charge in [0.2, 0.25) is 18.6 Å². The standard InChI is InChI=1S/C20H19N3O4/c1-13-9-16(14-5-3-2-4-6-14)22-23(20(13)25)11-19(24)21-15-7-8-17-18(10-15)27-12-26-17/h2-8,10,13H,9,11-12H2,1H3,(H,21,24). The lowest BCUT2D eigenvalue weighted by Crippen LogP contribution is -2.41. The fourth-order valence-corrected chi connectivity index (χ4v) is 3.10. The lowest BCUT2D eigenvalue weighted by atomic mass is 9.96. The number of amides is 2. The molecule has 1 unspecified atom stereocenters. The van der Waals surface area contributed by atoms with Gasteiger partial charge in [0.25, 0.3) is 0 Å². The van der Waals surface area contributed by atoms with Crippen LogP contribution < -0.4 is 14.8 Å². The van der Waals surface area contributed by atoms with Crippen molar-refractivity contribution in [1.29, 1.82) is 0 Å². The van der Waals surface area contributed by atoms with Crippen molar-refractivity contribution in [2.45, 2.75) is 13.3 Å². The van der Waals surface area contributed by atoms with Crippen LogP contribution in [0.4, 0.5) is 5.69 Å². The molecule has 0 spiro atoms. The number of rotatable bonds is 4. The smallest absolute Gasteiger partial charge is 0.246 e. The van der Waals surface area contributed by atoms with Gasteiger partial charge < -0.3 is 14.8 Å². The van der Waals surface area contributed by atoms with Crippen LogP contribution in [-0.4, -0.2) is 35.9 Å². The zero-order chi connectivity index (χ0) is 18.8. The summed E-state index contributed by atoms with van der Waals surface area (Å²) in [6.07, 6.45) is 0.559. The summed E-state index contributed by atoms with van der Waals surface area (Å²) in [5.74, 6) is 0.518. The molecule has 138 valence electrons. The molecular weight excluding hydrogens is 346 g/mol. The molecule has 7 heteroatoms. The maximum Gasteiger partial charge on any atom is 0.246 e. The largest absolute Gasteiger partial charge is 0.454 e. The number of benzene rings is 2. The first-order valence-corrected chi connectivity index (χ1v) is 8.74. The molecule has 1 N–H and O–H groups in total. The van der Waals surface area contributed by atoms with Crippen LogP contribution in [0.25, 0.3) is 0 Å². The molecule has 2 aliphatic heterocycles. The number of carbonyl (C=O) groups excluding carboxylic acids is 2. The van der Waals surface area contributed by atoms with E-state index in [1.54, 1.807) is 18.2 Å². The summed E-state index contributed by atoms with van der Waals surface area (Å²) in [6, 6.07) is 14.8. The third-order valence-electron chi connectivity index (χ3n) is 4.47. The number of nitrogens with one attached hydrogen (secondary N) is 1. The second-order valence-electron chi connectivity index (χ2n) is 6.53. The van der Waals surface area contributed by atoms with Gasteiger partial charge in [-0.25, -0.2) is 5.01 Å². The topological polar surface area (TPSA) is 80.2 Å². The number of ether oxygens (including phenoxy) is 2. The molecule has 1 atom stereocenters. The van der Waals surface area contributed by atoms with Crippen molar-refractivity contribution in [3.8, 4) is 11.5 Å². The molecule has 0 aromatic heterocycles. The molecule has 0 saturated heterocycles. The van der Waals surface area contributed by atoms with Gasteiger partial charge in [-0.1, -0.05) is 37.3 Å². The van der Waals surface area contributed by atoms with Gasteiger partial charge in [-0.2, -0.15) is 5.10 Å². The second kappa shape index (κ2) is 7.11. The third kappa shape index (κ3) is 3.62. The number of anilines is 1. The molecule has 0 radical (unpaired) electrons. The normalized spacial score (nSPS) is 18.3. The minimum Gasteiger partial charge on any atom is -0.454 e. The Kier molecular flexibility index (Phi) is 4.50. The summed E-state index contributed by atoms with van der Waals surface area (Å²) in [4.78, 5) is 24.9. The molecule has 2 aliphatic rings. The molecular formula is C20H19N3O4. The molecule has 0 aliphatic carbocycles. The number of nitrogens with zero attached hydrogens (tertiary/aromatic N) is 2. The summed E-state index contributed by atoms with van der Waals surface area (Å²) >= 11 is 0. The van der Waals surface area contributed by atoms with E-state index in [0.29, 0.717) is 23.6 Å². The molecule has 7 nitrogen and oxygen atoms in total. The number of carbonyl (C=O) groups is 2. The first-order valence-electron chi connectivity index (χ1n) is 8.74. The van der Waals surface area contributed by atoms with E-state index in [0.717, 1.165) is 11.3 Å². The van der Waals surface area contributed by atoms with Crippen molar-refractivity contribution < 1.29 is 19.1 Å². The molecule has 4 rings (SSSR count).